The molecule has 0 aliphatic heterocycles. The first kappa shape index (κ1) is 22.3. The average Bonchev–Trinajstić information content (AvgIpc) is 3.49. The van der Waals surface area contributed by atoms with E-state index < -0.39 is 0 Å². The Hall–Kier alpha value is -2.49. The van der Waals surface area contributed by atoms with Crippen LogP contribution in [0.25, 0.3) is 15.9 Å². The van der Waals surface area contributed by atoms with E-state index in [9.17, 15) is 9.59 Å². The molecule has 1 aliphatic carbocycles. The maximum absolute atomic E-state index is 13.7. The predicted molar refractivity (Wildman–Crippen MR) is 136 cm³/mol. The second-order valence-corrected chi connectivity index (χ2v) is 11.4. The van der Waals surface area contributed by atoms with Crippen LogP contribution in [0.1, 0.15) is 33.1 Å². The van der Waals surface area contributed by atoms with Crippen LogP contribution in [0.5, 0.6) is 0 Å². The summed E-state index contributed by atoms with van der Waals surface area (Å²) in [5.41, 5.74) is 4.08. The topological polar surface area (TPSA) is 68.1 Å². The Bertz CT molecular complexity index is 1400. The Morgan fingerprint density at radius 1 is 1.18 bits per heavy atom. The third-order valence-corrected chi connectivity index (χ3v) is 8.81. The van der Waals surface area contributed by atoms with Gasteiger partial charge in [0.05, 0.1) is 23.2 Å². The third kappa shape index (κ3) is 4.37. The Morgan fingerprint density at radius 2 is 1.97 bits per heavy atom. The van der Waals surface area contributed by atoms with Crippen molar-refractivity contribution in [2.75, 3.05) is 14.1 Å². The summed E-state index contributed by atoms with van der Waals surface area (Å²) in [4.78, 5) is 39.0. The molecule has 6 nitrogen and oxygen atoms in total. The molecule has 0 radical (unpaired) electrons. The molecule has 0 bridgehead atoms. The van der Waals surface area contributed by atoms with Gasteiger partial charge in [0, 0.05) is 30.1 Å². The van der Waals surface area contributed by atoms with Gasteiger partial charge in [-0.3, -0.25) is 14.2 Å². The van der Waals surface area contributed by atoms with Crippen molar-refractivity contribution < 1.29 is 4.79 Å². The second kappa shape index (κ2) is 9.04. The lowest BCUT2D eigenvalue weighted by Gasteiger charge is -2.12. The monoisotopic (exact) mass is 496 g/mol. The van der Waals surface area contributed by atoms with E-state index in [1.54, 1.807) is 34.9 Å². The minimum Gasteiger partial charge on any atom is -0.348 e. The fourth-order valence-electron chi connectivity index (χ4n) is 3.97. The van der Waals surface area contributed by atoms with Crippen molar-refractivity contribution in [1.29, 1.82) is 0 Å². The summed E-state index contributed by atoms with van der Waals surface area (Å²) >= 11 is 4.67. The fourth-order valence-corrected chi connectivity index (χ4v) is 7.06. The number of aromatic nitrogens is 3. The number of thioether (sulfide) groups is 1. The molecule has 0 atom stereocenters. The SMILES string of the molecule is Cc1ccc(-n2c(SCc3csc(CC(=O)N(C)C)n3)nc3sc4c(c3c2=O)CCC4)cc1. The quantitative estimate of drug-likeness (QED) is 0.288. The van der Waals surface area contributed by atoms with Gasteiger partial charge in [-0.25, -0.2) is 9.97 Å². The molecule has 0 N–H and O–H groups in total. The van der Waals surface area contributed by atoms with Crippen LogP contribution in [0.2, 0.25) is 0 Å². The molecule has 0 saturated heterocycles. The molecule has 0 spiro atoms. The number of likely N-dealkylation sites (N-methyl/N-ethyl adjacent to an activating group) is 1. The minimum absolute atomic E-state index is 0.0151. The van der Waals surface area contributed by atoms with Crippen LogP contribution in [0, 0.1) is 6.92 Å². The highest BCUT2D eigenvalue weighted by Crippen LogP contribution is 2.36. The molecule has 1 aromatic carbocycles. The number of amides is 1. The fraction of sp³-hybridized carbons (Fsp3) is 0.333. The van der Waals surface area contributed by atoms with Crippen LogP contribution in [0.4, 0.5) is 0 Å². The maximum Gasteiger partial charge on any atom is 0.267 e. The van der Waals surface area contributed by atoms with Crippen molar-refractivity contribution in [3.8, 4) is 5.69 Å². The number of benzene rings is 1. The number of nitrogens with zero attached hydrogens (tertiary/aromatic N) is 4. The number of thiophene rings is 1. The van der Waals surface area contributed by atoms with Crippen LogP contribution >= 0.6 is 34.4 Å². The Kier molecular flexibility index (Phi) is 6.11. The van der Waals surface area contributed by atoms with Gasteiger partial charge < -0.3 is 4.90 Å². The van der Waals surface area contributed by atoms with Crippen LogP contribution in [0.15, 0.2) is 39.6 Å². The van der Waals surface area contributed by atoms with E-state index in [0.29, 0.717) is 17.3 Å². The highest BCUT2D eigenvalue weighted by Gasteiger charge is 2.24. The van der Waals surface area contributed by atoms with E-state index in [0.717, 1.165) is 51.4 Å². The molecule has 3 heterocycles. The average molecular weight is 497 g/mol. The lowest BCUT2D eigenvalue weighted by molar-refractivity contribution is -0.127. The highest BCUT2D eigenvalue weighted by atomic mass is 32.2. The van der Waals surface area contributed by atoms with Gasteiger partial charge in [0.25, 0.3) is 5.56 Å². The molecule has 0 unspecified atom stereocenters. The summed E-state index contributed by atoms with van der Waals surface area (Å²) in [6.45, 7) is 2.04. The number of aryl methyl sites for hydroxylation is 3. The second-order valence-electron chi connectivity index (χ2n) is 8.39. The molecule has 4 aromatic rings. The molecule has 0 saturated carbocycles. The molecule has 0 fully saturated rings. The predicted octanol–water partition coefficient (Wildman–Crippen LogP) is 4.62. The van der Waals surface area contributed by atoms with Crippen molar-refractivity contribution in [1.82, 2.24) is 19.4 Å². The van der Waals surface area contributed by atoms with Gasteiger partial charge in [-0.15, -0.1) is 22.7 Å². The summed E-state index contributed by atoms with van der Waals surface area (Å²) in [6, 6.07) is 8.00. The van der Waals surface area contributed by atoms with Gasteiger partial charge >= 0.3 is 0 Å². The first-order valence-corrected chi connectivity index (χ1v) is 13.5. The molecule has 9 heteroatoms. The molecular weight excluding hydrogens is 472 g/mol. The van der Waals surface area contributed by atoms with E-state index >= 15 is 0 Å². The number of hydrogen-bond donors (Lipinski definition) is 0. The van der Waals surface area contributed by atoms with Gasteiger partial charge in [-0.1, -0.05) is 29.5 Å². The zero-order valence-electron chi connectivity index (χ0n) is 18.8. The minimum atomic E-state index is 0.0151. The number of carbonyl (C=O) groups is 1. The van der Waals surface area contributed by atoms with Crippen molar-refractivity contribution in [3.05, 3.63) is 66.7 Å². The number of carbonyl (C=O) groups excluding carboxylic acids is 1. The van der Waals surface area contributed by atoms with E-state index in [-0.39, 0.29) is 11.5 Å². The largest absolute Gasteiger partial charge is 0.348 e. The Morgan fingerprint density at radius 3 is 2.73 bits per heavy atom. The normalized spacial score (nSPS) is 12.9. The standard InChI is InChI=1S/C24H24N4O2S3/c1-14-7-9-16(10-8-14)28-23(30)21-17-5-4-6-18(17)33-22(21)26-24(28)32-13-15-12-31-19(25-15)11-20(29)27(2)3/h7-10,12H,4-6,11,13H2,1-3H3. The first-order chi connectivity index (χ1) is 15.9. The lowest BCUT2D eigenvalue weighted by Crippen LogP contribution is -2.23. The molecule has 170 valence electrons. The maximum atomic E-state index is 13.7. The van der Waals surface area contributed by atoms with Crippen molar-refractivity contribution in [3.63, 3.8) is 0 Å². The highest BCUT2D eigenvalue weighted by molar-refractivity contribution is 7.98. The Balaban J connectivity index is 1.50. The summed E-state index contributed by atoms with van der Waals surface area (Å²) in [5.74, 6) is 0.622. The summed E-state index contributed by atoms with van der Waals surface area (Å²) in [6.07, 6.45) is 3.41. The van der Waals surface area contributed by atoms with Crippen molar-refractivity contribution in [2.24, 2.45) is 0 Å². The van der Waals surface area contributed by atoms with Crippen LogP contribution < -0.4 is 5.56 Å². The molecule has 33 heavy (non-hydrogen) atoms. The van der Waals surface area contributed by atoms with Gasteiger partial charge in [0.1, 0.15) is 9.84 Å². The molecular formula is C24H24N4O2S3. The van der Waals surface area contributed by atoms with E-state index in [4.69, 9.17) is 4.98 Å². The smallest absolute Gasteiger partial charge is 0.267 e. The van der Waals surface area contributed by atoms with Gasteiger partial charge in [-0.05, 0) is 43.9 Å². The number of rotatable bonds is 6. The van der Waals surface area contributed by atoms with Gasteiger partial charge in [-0.2, -0.15) is 0 Å². The van der Waals surface area contributed by atoms with Crippen LogP contribution in [-0.4, -0.2) is 39.4 Å². The number of fused-ring (bicyclic) bond motifs is 3. The molecule has 5 rings (SSSR count). The summed E-state index contributed by atoms with van der Waals surface area (Å²) < 4.78 is 1.75. The lowest BCUT2D eigenvalue weighted by atomic mass is 10.2. The summed E-state index contributed by atoms with van der Waals surface area (Å²) in [7, 11) is 3.50. The molecule has 1 aliphatic rings. The van der Waals surface area contributed by atoms with E-state index in [2.05, 4.69) is 4.98 Å². The zero-order chi connectivity index (χ0) is 23.1. The van der Waals surface area contributed by atoms with Crippen LogP contribution in [-0.2, 0) is 29.8 Å². The van der Waals surface area contributed by atoms with Crippen molar-refractivity contribution >= 4 is 50.6 Å². The number of hydrogen-bond acceptors (Lipinski definition) is 7. The Labute approximate surface area is 204 Å². The van der Waals surface area contributed by atoms with Crippen LogP contribution in [0.3, 0.4) is 0 Å². The molecule has 1 amide bonds. The summed E-state index contributed by atoms with van der Waals surface area (Å²) in [5, 5.41) is 4.25. The van der Waals surface area contributed by atoms with Gasteiger partial charge in [0.15, 0.2) is 5.16 Å². The molecule has 3 aromatic heterocycles. The number of thiazole rings is 1. The zero-order valence-corrected chi connectivity index (χ0v) is 21.2. The van der Waals surface area contributed by atoms with E-state index in [1.807, 2.05) is 36.6 Å². The third-order valence-electron chi connectivity index (χ3n) is 5.75. The first-order valence-electron chi connectivity index (χ1n) is 10.8. The van der Waals surface area contributed by atoms with Crippen molar-refractivity contribution in [2.45, 2.75) is 43.5 Å². The van der Waals surface area contributed by atoms with E-state index in [1.165, 1.54) is 33.5 Å². The van der Waals surface area contributed by atoms with Gasteiger partial charge in [0.2, 0.25) is 5.91 Å².